The summed E-state index contributed by atoms with van der Waals surface area (Å²) in [6, 6.07) is 1.61. The average Bonchev–Trinajstić information content (AvgIpc) is 3.07. The second-order valence-electron chi connectivity index (χ2n) is 7.75. The van der Waals surface area contributed by atoms with E-state index >= 15 is 0 Å². The Morgan fingerprint density at radius 2 is 2.11 bits per heavy atom. The van der Waals surface area contributed by atoms with Crippen molar-refractivity contribution in [3.8, 4) is 5.95 Å². The number of halogens is 1. The molecule has 0 aliphatic rings. The van der Waals surface area contributed by atoms with Gasteiger partial charge < -0.3 is 11.1 Å². The van der Waals surface area contributed by atoms with Crippen molar-refractivity contribution in [3.05, 3.63) is 29.9 Å². The fourth-order valence-electron chi connectivity index (χ4n) is 3.10. The summed E-state index contributed by atoms with van der Waals surface area (Å²) < 4.78 is 1.65. The topological polar surface area (TPSA) is 98.7 Å². The van der Waals surface area contributed by atoms with Crippen LogP contribution in [0.3, 0.4) is 0 Å². The molecule has 27 heavy (non-hydrogen) atoms. The van der Waals surface area contributed by atoms with Gasteiger partial charge in [0.15, 0.2) is 0 Å². The Morgan fingerprint density at radius 3 is 2.67 bits per heavy atom. The van der Waals surface area contributed by atoms with Gasteiger partial charge in [0.2, 0.25) is 11.9 Å². The molecule has 3 N–H and O–H groups in total. The quantitative estimate of drug-likeness (QED) is 0.484. The number of rotatable bonds is 9. The Kier molecular flexibility index (Phi) is 7.11. The number of nitrogens with one attached hydrogen (secondary N) is 1. The molecule has 1 amide bonds. The van der Waals surface area contributed by atoms with Crippen LogP contribution in [0.4, 0.5) is 5.82 Å². The molecule has 2 aromatic heterocycles. The second-order valence-corrected chi connectivity index (χ2v) is 9.12. The van der Waals surface area contributed by atoms with Gasteiger partial charge in [-0.25, -0.2) is 9.97 Å². The molecule has 9 heteroatoms. The van der Waals surface area contributed by atoms with Gasteiger partial charge in [0, 0.05) is 18.5 Å². The summed E-state index contributed by atoms with van der Waals surface area (Å²) in [6.45, 7) is 6.26. The summed E-state index contributed by atoms with van der Waals surface area (Å²) in [5, 5.41) is 3.57. The Hall–Kier alpha value is -1.80. The number of carbonyl (C=O) groups excluding carboxylic acids is 1. The Labute approximate surface area is 169 Å². The minimum atomic E-state index is -0.919. The molecule has 0 bridgehead atoms. The summed E-state index contributed by atoms with van der Waals surface area (Å²) in [4.78, 5) is 25.3. The van der Waals surface area contributed by atoms with Crippen LogP contribution in [0.25, 0.3) is 5.95 Å². The summed E-state index contributed by atoms with van der Waals surface area (Å²) in [5.41, 5.74) is 4.86. The third kappa shape index (κ3) is 6.10. The smallest absolute Gasteiger partial charge is 0.243 e. The number of carbonyl (C=O) groups is 1. The van der Waals surface area contributed by atoms with E-state index in [2.05, 4.69) is 41.0 Å². The standard InChI is InChI=1S/C18H27ClN6OS/c1-17(2,3)11-18(15(20)26,6-5-9-27-4)24-14-10-13(19)22-16(23-14)25-8-7-21-12-25/h7-8,10,12H,5-6,9,11H2,1-4H3,(H2,20,26)(H,22,23,24). The highest BCUT2D eigenvalue weighted by molar-refractivity contribution is 7.98. The van der Waals surface area contributed by atoms with E-state index in [1.54, 1.807) is 41.1 Å². The predicted octanol–water partition coefficient (Wildman–Crippen LogP) is 3.53. The van der Waals surface area contributed by atoms with Crippen LogP contribution in [-0.2, 0) is 4.79 Å². The lowest BCUT2D eigenvalue weighted by Gasteiger charge is -2.37. The van der Waals surface area contributed by atoms with E-state index in [-0.39, 0.29) is 10.6 Å². The van der Waals surface area contributed by atoms with Crippen molar-refractivity contribution in [2.24, 2.45) is 11.1 Å². The van der Waals surface area contributed by atoms with Gasteiger partial charge in [-0.1, -0.05) is 32.4 Å². The molecule has 2 rings (SSSR count). The highest BCUT2D eigenvalue weighted by Gasteiger charge is 2.40. The van der Waals surface area contributed by atoms with Crippen molar-refractivity contribution in [1.82, 2.24) is 19.5 Å². The first kappa shape index (κ1) is 21.5. The van der Waals surface area contributed by atoms with Gasteiger partial charge in [0.05, 0.1) is 0 Å². The first-order chi connectivity index (χ1) is 12.6. The zero-order valence-corrected chi connectivity index (χ0v) is 17.8. The van der Waals surface area contributed by atoms with Crippen molar-refractivity contribution >= 4 is 35.1 Å². The predicted molar refractivity (Wildman–Crippen MR) is 111 cm³/mol. The number of primary amides is 1. The molecule has 1 unspecified atom stereocenters. The third-order valence-electron chi connectivity index (χ3n) is 4.04. The molecular formula is C18H27ClN6OS. The molecule has 0 saturated heterocycles. The molecule has 7 nitrogen and oxygen atoms in total. The minimum Gasteiger partial charge on any atom is -0.368 e. The molecular weight excluding hydrogens is 384 g/mol. The lowest BCUT2D eigenvalue weighted by molar-refractivity contribution is -0.123. The first-order valence-corrected chi connectivity index (χ1v) is 10.5. The SMILES string of the molecule is CSCCCC(CC(C)(C)C)(Nc1cc(Cl)nc(-n2ccnc2)n1)C(N)=O. The van der Waals surface area contributed by atoms with Gasteiger partial charge in [-0.05, 0) is 36.7 Å². The maximum absolute atomic E-state index is 12.6. The molecule has 0 fully saturated rings. The lowest BCUT2D eigenvalue weighted by Crippen LogP contribution is -2.53. The van der Waals surface area contributed by atoms with Gasteiger partial charge in [-0.3, -0.25) is 9.36 Å². The molecule has 2 heterocycles. The number of aromatic nitrogens is 4. The maximum atomic E-state index is 12.6. The third-order valence-corrected chi connectivity index (χ3v) is 4.93. The molecule has 1 atom stereocenters. The number of hydrogen-bond donors (Lipinski definition) is 2. The maximum Gasteiger partial charge on any atom is 0.243 e. The van der Waals surface area contributed by atoms with Gasteiger partial charge in [-0.15, -0.1) is 0 Å². The van der Waals surface area contributed by atoms with Gasteiger partial charge in [0.1, 0.15) is 22.8 Å². The van der Waals surface area contributed by atoms with Gasteiger partial charge in [0.25, 0.3) is 0 Å². The van der Waals surface area contributed by atoms with Crippen LogP contribution >= 0.6 is 23.4 Å². The van der Waals surface area contributed by atoms with Gasteiger partial charge >= 0.3 is 0 Å². The van der Waals surface area contributed by atoms with Crippen LogP contribution < -0.4 is 11.1 Å². The highest BCUT2D eigenvalue weighted by Crippen LogP contribution is 2.34. The zero-order valence-electron chi connectivity index (χ0n) is 16.2. The molecule has 2 aromatic rings. The van der Waals surface area contributed by atoms with Crippen molar-refractivity contribution in [3.63, 3.8) is 0 Å². The number of hydrogen-bond acceptors (Lipinski definition) is 6. The average molecular weight is 411 g/mol. The summed E-state index contributed by atoms with van der Waals surface area (Å²) >= 11 is 7.94. The second kappa shape index (κ2) is 8.93. The normalized spacial score (nSPS) is 14.0. The van der Waals surface area contributed by atoms with E-state index in [0.29, 0.717) is 24.6 Å². The molecule has 0 saturated carbocycles. The number of nitrogens with zero attached hydrogens (tertiary/aromatic N) is 4. The number of anilines is 1. The molecule has 0 aliphatic carbocycles. The van der Waals surface area contributed by atoms with Crippen LogP contribution in [0.5, 0.6) is 0 Å². The molecule has 0 aromatic carbocycles. The summed E-state index contributed by atoms with van der Waals surface area (Å²) in [5.74, 6) is 1.40. The Bertz CT molecular complexity index is 762. The van der Waals surface area contributed by atoms with Crippen molar-refractivity contribution < 1.29 is 4.79 Å². The van der Waals surface area contributed by atoms with E-state index in [0.717, 1.165) is 12.2 Å². The number of amides is 1. The molecule has 0 aliphatic heterocycles. The van der Waals surface area contributed by atoms with Crippen molar-refractivity contribution in [1.29, 1.82) is 0 Å². The highest BCUT2D eigenvalue weighted by atomic mass is 35.5. The lowest BCUT2D eigenvalue weighted by atomic mass is 9.76. The van der Waals surface area contributed by atoms with Gasteiger partial charge in [-0.2, -0.15) is 16.7 Å². The van der Waals surface area contributed by atoms with E-state index in [1.807, 2.05) is 6.26 Å². The van der Waals surface area contributed by atoms with Crippen molar-refractivity contribution in [2.45, 2.75) is 45.6 Å². The largest absolute Gasteiger partial charge is 0.368 e. The van der Waals surface area contributed by atoms with Crippen LogP contribution in [-0.4, -0.2) is 43.0 Å². The van der Waals surface area contributed by atoms with Crippen LogP contribution in [0, 0.1) is 5.41 Å². The first-order valence-electron chi connectivity index (χ1n) is 8.75. The van der Waals surface area contributed by atoms with E-state index in [1.165, 1.54) is 0 Å². The van der Waals surface area contributed by atoms with Crippen LogP contribution in [0.15, 0.2) is 24.8 Å². The fourth-order valence-corrected chi connectivity index (χ4v) is 3.71. The van der Waals surface area contributed by atoms with Crippen LogP contribution in [0.2, 0.25) is 5.15 Å². The monoisotopic (exact) mass is 410 g/mol. The van der Waals surface area contributed by atoms with E-state index in [4.69, 9.17) is 17.3 Å². The Morgan fingerprint density at radius 1 is 1.37 bits per heavy atom. The van der Waals surface area contributed by atoms with E-state index < -0.39 is 11.4 Å². The number of imidazole rings is 1. The van der Waals surface area contributed by atoms with Crippen molar-refractivity contribution in [2.75, 3.05) is 17.3 Å². The van der Waals surface area contributed by atoms with Crippen LogP contribution in [0.1, 0.15) is 40.0 Å². The molecule has 0 radical (unpaired) electrons. The Balaban J connectivity index is 2.40. The molecule has 148 valence electrons. The number of thioether (sulfide) groups is 1. The summed E-state index contributed by atoms with van der Waals surface area (Å²) in [6.07, 6.45) is 9.04. The fraction of sp³-hybridized carbons (Fsp3) is 0.556. The minimum absolute atomic E-state index is 0.106. The molecule has 0 spiro atoms. The van der Waals surface area contributed by atoms with E-state index in [9.17, 15) is 4.79 Å². The summed E-state index contributed by atoms with van der Waals surface area (Å²) in [7, 11) is 0. The number of nitrogens with two attached hydrogens (primary N) is 1. The zero-order chi connectivity index (χ0) is 20.1.